The van der Waals surface area contributed by atoms with Crippen molar-refractivity contribution in [2.45, 2.75) is 12.5 Å². The van der Waals surface area contributed by atoms with Crippen LogP contribution in [0.15, 0.2) is 34.2 Å². The van der Waals surface area contributed by atoms with Crippen LogP contribution in [-0.2, 0) is 20.7 Å². The summed E-state index contributed by atoms with van der Waals surface area (Å²) in [5.74, 6) is 1.19. The fourth-order valence-corrected chi connectivity index (χ4v) is 4.51. The molecule has 0 amide bonds. The monoisotopic (exact) mass is 293 g/mol. The van der Waals surface area contributed by atoms with E-state index in [1.54, 1.807) is 29.7 Å². The van der Waals surface area contributed by atoms with Gasteiger partial charge in [0.2, 0.25) is 5.78 Å². The largest absolute Gasteiger partial charge is 0.450 e. The first-order chi connectivity index (χ1) is 9.25. The second kappa shape index (κ2) is 5.38. The van der Waals surface area contributed by atoms with E-state index in [0.29, 0.717) is 6.42 Å². The molecule has 1 aromatic heterocycles. The first-order valence-corrected chi connectivity index (χ1v) is 7.88. The highest BCUT2D eigenvalue weighted by Crippen LogP contribution is 2.41. The lowest BCUT2D eigenvalue weighted by Gasteiger charge is -2.05. The Kier molecular flexibility index (Phi) is 3.61. The Morgan fingerprint density at radius 2 is 2.05 bits per heavy atom. The Bertz CT molecular complexity index is 548. The first-order valence-electron chi connectivity index (χ1n) is 5.90. The second-order valence-electron chi connectivity index (χ2n) is 4.14. The first kappa shape index (κ1) is 12.7. The highest BCUT2D eigenvalue weighted by Gasteiger charge is 2.41. The number of Topliss-reactive ketones (excluding diaryl/α,β-unsaturated/α-hetero) is 1. The van der Waals surface area contributed by atoms with Gasteiger partial charge in [-0.3, -0.25) is 9.78 Å². The van der Waals surface area contributed by atoms with Gasteiger partial charge in [-0.25, -0.2) is 4.79 Å². The van der Waals surface area contributed by atoms with E-state index in [4.69, 9.17) is 4.74 Å². The third kappa shape index (κ3) is 2.55. The number of pyridine rings is 1. The summed E-state index contributed by atoms with van der Waals surface area (Å²) >= 11 is 3.12. The summed E-state index contributed by atoms with van der Waals surface area (Å²) in [5, 5.41) is 0. The number of hydrogen-bond donors (Lipinski definition) is 0. The molecule has 0 unspecified atom stereocenters. The Balaban J connectivity index is 1.81. The number of carbonyl (C=O) groups excluding carboxylic acids is 2. The quantitative estimate of drug-likeness (QED) is 0.471. The van der Waals surface area contributed by atoms with Gasteiger partial charge >= 0.3 is 5.97 Å². The summed E-state index contributed by atoms with van der Waals surface area (Å²) in [5.41, 5.74) is 1.00. The fraction of sp³-hybridized carbons (Fsp3) is 0.308. The Hall–Kier alpha value is -1.27. The summed E-state index contributed by atoms with van der Waals surface area (Å²) < 4.78 is 6.01. The Morgan fingerprint density at radius 1 is 1.26 bits per heavy atom. The predicted molar refractivity (Wildman–Crippen MR) is 74.8 cm³/mol. The molecule has 3 rings (SSSR count). The summed E-state index contributed by atoms with van der Waals surface area (Å²) in [4.78, 5) is 28.2. The number of ketones is 1. The van der Waals surface area contributed by atoms with Gasteiger partial charge < -0.3 is 4.74 Å². The second-order valence-corrected chi connectivity index (χ2v) is 6.61. The summed E-state index contributed by atoms with van der Waals surface area (Å²) in [7, 11) is 0. The van der Waals surface area contributed by atoms with Crippen LogP contribution >= 0.6 is 23.5 Å². The molecule has 1 aromatic rings. The lowest BCUT2D eigenvalue weighted by molar-refractivity contribution is -0.140. The van der Waals surface area contributed by atoms with Crippen molar-refractivity contribution in [3.63, 3.8) is 0 Å². The van der Waals surface area contributed by atoms with Gasteiger partial charge in [-0.1, -0.05) is 6.07 Å². The smallest absolute Gasteiger partial charge is 0.344 e. The van der Waals surface area contributed by atoms with Crippen molar-refractivity contribution in [2.75, 3.05) is 11.5 Å². The van der Waals surface area contributed by atoms with E-state index in [9.17, 15) is 9.59 Å². The van der Waals surface area contributed by atoms with Crippen molar-refractivity contribution < 1.29 is 14.3 Å². The van der Waals surface area contributed by atoms with Crippen LogP contribution in [-0.4, -0.2) is 34.3 Å². The van der Waals surface area contributed by atoms with E-state index in [0.717, 1.165) is 21.4 Å². The van der Waals surface area contributed by atoms with E-state index in [1.807, 2.05) is 18.2 Å². The van der Waals surface area contributed by atoms with Crippen molar-refractivity contribution in [3.05, 3.63) is 39.9 Å². The van der Waals surface area contributed by atoms with Crippen LogP contribution in [0.4, 0.5) is 0 Å². The zero-order valence-electron chi connectivity index (χ0n) is 10.00. The molecule has 3 heterocycles. The van der Waals surface area contributed by atoms with Crippen molar-refractivity contribution in [1.29, 1.82) is 0 Å². The van der Waals surface area contributed by atoms with Crippen LogP contribution in [0.1, 0.15) is 5.69 Å². The molecule has 0 spiro atoms. The molecule has 0 aliphatic carbocycles. The molecule has 4 nitrogen and oxygen atoms in total. The third-order valence-electron chi connectivity index (χ3n) is 2.87. The molecule has 0 N–H and O–H groups in total. The lowest BCUT2D eigenvalue weighted by atomic mass is 10.1. The molecule has 0 saturated carbocycles. The molecule has 2 saturated heterocycles. The van der Waals surface area contributed by atoms with Gasteiger partial charge in [0.25, 0.3) is 0 Å². The zero-order valence-corrected chi connectivity index (χ0v) is 11.6. The van der Waals surface area contributed by atoms with Gasteiger partial charge in [-0.15, -0.1) is 23.5 Å². The van der Waals surface area contributed by atoms with Crippen LogP contribution in [0, 0.1) is 0 Å². The maximum atomic E-state index is 12.2. The van der Waals surface area contributed by atoms with Crippen molar-refractivity contribution in [3.8, 4) is 0 Å². The van der Waals surface area contributed by atoms with E-state index in [1.165, 1.54) is 0 Å². The standard InChI is InChI=1S/C13H11NO3S2/c15-11-9(7-8-3-1-2-4-14-8)17-12(16)10(11)13-18-5-6-19-13/h1-4,9H,5-7H2/t9-/m0/s1. The number of hydrogen-bond acceptors (Lipinski definition) is 6. The topological polar surface area (TPSA) is 56.3 Å². The van der Waals surface area contributed by atoms with E-state index >= 15 is 0 Å². The highest BCUT2D eigenvalue weighted by atomic mass is 32.2. The summed E-state index contributed by atoms with van der Waals surface area (Å²) in [6.07, 6.45) is 1.29. The number of ether oxygens (including phenoxy) is 1. The van der Waals surface area contributed by atoms with E-state index in [-0.39, 0.29) is 11.4 Å². The molecule has 0 radical (unpaired) electrons. The average molecular weight is 293 g/mol. The van der Waals surface area contributed by atoms with Crippen molar-refractivity contribution in [1.82, 2.24) is 4.98 Å². The molecular weight excluding hydrogens is 282 g/mol. The number of cyclic esters (lactones) is 1. The molecular formula is C13H11NO3S2. The Labute approximate surface area is 119 Å². The van der Waals surface area contributed by atoms with Gasteiger partial charge in [-0.2, -0.15) is 0 Å². The maximum absolute atomic E-state index is 12.2. The van der Waals surface area contributed by atoms with Gasteiger partial charge in [0.05, 0.1) is 4.24 Å². The average Bonchev–Trinajstić information content (AvgIpc) is 3.01. The molecule has 6 heteroatoms. The van der Waals surface area contributed by atoms with Gasteiger partial charge in [0.1, 0.15) is 5.57 Å². The number of esters is 1. The van der Waals surface area contributed by atoms with Crippen LogP contribution in [0.5, 0.6) is 0 Å². The van der Waals surface area contributed by atoms with Crippen molar-refractivity contribution >= 4 is 35.3 Å². The Morgan fingerprint density at radius 3 is 2.74 bits per heavy atom. The predicted octanol–water partition coefficient (Wildman–Crippen LogP) is 1.81. The molecule has 0 bridgehead atoms. The molecule has 2 fully saturated rings. The van der Waals surface area contributed by atoms with Crippen molar-refractivity contribution in [2.24, 2.45) is 0 Å². The minimum Gasteiger partial charge on any atom is -0.450 e. The minimum atomic E-state index is -0.716. The normalized spacial score (nSPS) is 23.1. The van der Waals surface area contributed by atoms with Gasteiger partial charge in [0.15, 0.2) is 6.10 Å². The molecule has 98 valence electrons. The van der Waals surface area contributed by atoms with E-state index < -0.39 is 12.1 Å². The van der Waals surface area contributed by atoms with Gasteiger partial charge in [-0.05, 0) is 12.1 Å². The maximum Gasteiger partial charge on any atom is 0.344 e. The number of carbonyl (C=O) groups is 2. The number of rotatable bonds is 2. The molecule has 19 heavy (non-hydrogen) atoms. The highest BCUT2D eigenvalue weighted by molar-refractivity contribution is 8.25. The molecule has 2 aliphatic rings. The SMILES string of the molecule is O=C1O[C@@H](Cc2ccccn2)C(=O)C1=C1SCCS1. The fourth-order valence-electron chi connectivity index (χ4n) is 1.99. The minimum absolute atomic E-state index is 0.201. The van der Waals surface area contributed by atoms with Crippen LogP contribution in [0.3, 0.4) is 0 Å². The molecule has 0 aromatic carbocycles. The van der Waals surface area contributed by atoms with Crippen LogP contribution < -0.4 is 0 Å². The number of nitrogens with zero attached hydrogens (tertiary/aromatic N) is 1. The molecule has 2 aliphatic heterocycles. The van der Waals surface area contributed by atoms with Crippen LogP contribution in [0.25, 0.3) is 0 Å². The lowest BCUT2D eigenvalue weighted by Crippen LogP contribution is -2.19. The number of thioether (sulfide) groups is 2. The summed E-state index contributed by atoms with van der Waals surface area (Å²) in [6, 6.07) is 5.49. The van der Waals surface area contributed by atoms with Crippen LogP contribution in [0.2, 0.25) is 0 Å². The summed E-state index contributed by atoms with van der Waals surface area (Å²) in [6.45, 7) is 0. The zero-order chi connectivity index (χ0) is 13.2. The number of aromatic nitrogens is 1. The van der Waals surface area contributed by atoms with Gasteiger partial charge in [0, 0.05) is 29.8 Å². The van der Waals surface area contributed by atoms with E-state index in [2.05, 4.69) is 4.98 Å². The molecule has 1 atom stereocenters. The third-order valence-corrected chi connectivity index (χ3v) is 5.58.